The van der Waals surface area contributed by atoms with E-state index in [4.69, 9.17) is 9.51 Å². The third kappa shape index (κ3) is 2.96. The van der Waals surface area contributed by atoms with Crippen LogP contribution in [0.15, 0.2) is 22.7 Å². The summed E-state index contributed by atoms with van der Waals surface area (Å²) in [5, 5.41) is 4.10. The first-order valence-corrected chi connectivity index (χ1v) is 10.7. The second kappa shape index (κ2) is 6.71. The number of carbonyl (C=O) groups excluding carboxylic acids is 1. The number of aromatic nitrogens is 3. The maximum Gasteiger partial charge on any atom is 0.223 e. The van der Waals surface area contributed by atoms with Gasteiger partial charge in [-0.3, -0.25) is 4.79 Å². The molecule has 6 heteroatoms. The summed E-state index contributed by atoms with van der Waals surface area (Å²) in [7, 11) is 0. The van der Waals surface area contributed by atoms with Crippen LogP contribution in [-0.2, 0) is 4.79 Å². The van der Waals surface area contributed by atoms with Gasteiger partial charge in [0.05, 0.1) is 22.8 Å². The van der Waals surface area contributed by atoms with Crippen LogP contribution in [-0.4, -0.2) is 31.6 Å². The molecule has 0 spiro atoms. The fourth-order valence-electron chi connectivity index (χ4n) is 4.90. The molecule has 1 unspecified atom stereocenters. The molecule has 29 heavy (non-hydrogen) atoms. The Balaban J connectivity index is 1.65. The maximum absolute atomic E-state index is 12.7. The van der Waals surface area contributed by atoms with E-state index in [9.17, 15) is 4.79 Å². The van der Waals surface area contributed by atoms with Crippen molar-refractivity contribution in [3.05, 3.63) is 35.5 Å². The molecule has 1 aromatic carbocycles. The lowest BCUT2D eigenvalue weighted by Gasteiger charge is -2.36. The van der Waals surface area contributed by atoms with Gasteiger partial charge >= 0.3 is 0 Å². The summed E-state index contributed by atoms with van der Waals surface area (Å²) in [6.45, 7) is 8.30. The van der Waals surface area contributed by atoms with Crippen LogP contribution in [0, 0.1) is 13.8 Å². The molecule has 1 saturated carbocycles. The highest BCUT2D eigenvalue weighted by Gasteiger charge is 2.41. The number of piperidine rings is 1. The number of rotatable bonds is 4. The van der Waals surface area contributed by atoms with Gasteiger partial charge < -0.3 is 14.0 Å². The Hall–Kier alpha value is -2.63. The quantitative estimate of drug-likeness (QED) is 0.619. The van der Waals surface area contributed by atoms with Crippen LogP contribution in [0.5, 0.6) is 0 Å². The molecule has 0 radical (unpaired) electrons. The highest BCUT2D eigenvalue weighted by Crippen LogP contribution is 2.42. The van der Waals surface area contributed by atoms with Crippen LogP contribution in [0.1, 0.15) is 75.3 Å². The molecule has 3 heterocycles. The van der Waals surface area contributed by atoms with E-state index in [1.165, 1.54) is 0 Å². The molecule has 5 rings (SSSR count). The summed E-state index contributed by atoms with van der Waals surface area (Å²) in [6.07, 6.45) is 4.86. The average Bonchev–Trinajstić information content (AvgIpc) is 3.36. The van der Waals surface area contributed by atoms with Crippen LogP contribution in [0.3, 0.4) is 0 Å². The number of imidazole rings is 1. The monoisotopic (exact) mass is 392 g/mol. The molecule has 2 aromatic heterocycles. The van der Waals surface area contributed by atoms with Crippen LogP contribution in [0.4, 0.5) is 0 Å². The molecule has 2 aliphatic rings. The fraction of sp³-hybridized carbons (Fsp3) is 0.522. The van der Waals surface area contributed by atoms with E-state index < -0.39 is 0 Å². The van der Waals surface area contributed by atoms with Gasteiger partial charge in [0.1, 0.15) is 11.6 Å². The minimum atomic E-state index is 0.0843. The van der Waals surface area contributed by atoms with Crippen LogP contribution in [0.25, 0.3) is 22.2 Å². The minimum absolute atomic E-state index is 0.0843. The fourth-order valence-corrected chi connectivity index (χ4v) is 4.90. The molecule has 1 aliphatic carbocycles. The first kappa shape index (κ1) is 18.4. The summed E-state index contributed by atoms with van der Waals surface area (Å²) in [4.78, 5) is 19.9. The van der Waals surface area contributed by atoms with Crippen molar-refractivity contribution in [3.63, 3.8) is 0 Å². The highest BCUT2D eigenvalue weighted by molar-refractivity contribution is 5.84. The number of likely N-dealkylation sites (tertiary alicyclic amines) is 1. The second-order valence-electron chi connectivity index (χ2n) is 8.78. The lowest BCUT2D eigenvalue weighted by molar-refractivity contribution is -0.137. The van der Waals surface area contributed by atoms with E-state index in [-0.39, 0.29) is 12.1 Å². The Morgan fingerprint density at radius 2 is 1.97 bits per heavy atom. The second-order valence-corrected chi connectivity index (χ2v) is 8.78. The van der Waals surface area contributed by atoms with Crippen molar-refractivity contribution >= 4 is 16.9 Å². The number of carbonyl (C=O) groups is 1. The van der Waals surface area contributed by atoms with Crippen molar-refractivity contribution in [2.75, 3.05) is 0 Å². The summed E-state index contributed by atoms with van der Waals surface area (Å²) in [5.74, 6) is 2.15. The van der Waals surface area contributed by atoms with Crippen LogP contribution >= 0.6 is 0 Å². The van der Waals surface area contributed by atoms with Gasteiger partial charge in [-0.05, 0) is 71.1 Å². The Labute approximate surface area is 170 Å². The van der Waals surface area contributed by atoms with E-state index in [2.05, 4.69) is 46.7 Å². The average molecular weight is 393 g/mol. The molecule has 1 amide bonds. The van der Waals surface area contributed by atoms with E-state index in [0.717, 1.165) is 65.1 Å². The van der Waals surface area contributed by atoms with Gasteiger partial charge in [0.25, 0.3) is 0 Å². The Bertz CT molecular complexity index is 1070. The molecule has 0 bridgehead atoms. The number of hydrogen-bond acceptors (Lipinski definition) is 4. The van der Waals surface area contributed by atoms with Crippen molar-refractivity contribution in [2.45, 2.75) is 77.9 Å². The first-order chi connectivity index (χ1) is 14.0. The van der Waals surface area contributed by atoms with Crippen molar-refractivity contribution in [2.24, 2.45) is 0 Å². The van der Waals surface area contributed by atoms with Gasteiger partial charge in [-0.2, -0.15) is 0 Å². The Morgan fingerprint density at radius 1 is 1.17 bits per heavy atom. The Kier molecular flexibility index (Phi) is 4.26. The number of amides is 1. The van der Waals surface area contributed by atoms with Gasteiger partial charge in [0.15, 0.2) is 0 Å². The predicted octanol–water partition coefficient (Wildman–Crippen LogP) is 5.11. The zero-order chi connectivity index (χ0) is 20.3. The van der Waals surface area contributed by atoms with Gasteiger partial charge in [-0.15, -0.1) is 0 Å². The van der Waals surface area contributed by atoms with E-state index >= 15 is 0 Å². The number of fused-ring (bicyclic) bond motifs is 1. The number of nitrogens with zero attached hydrogens (tertiary/aromatic N) is 4. The zero-order valence-corrected chi connectivity index (χ0v) is 17.6. The van der Waals surface area contributed by atoms with Crippen LogP contribution < -0.4 is 0 Å². The molecule has 3 aromatic rings. The lowest BCUT2D eigenvalue weighted by atomic mass is 10.00. The van der Waals surface area contributed by atoms with Crippen molar-refractivity contribution in [1.82, 2.24) is 19.6 Å². The summed E-state index contributed by atoms with van der Waals surface area (Å²) in [6, 6.07) is 7.18. The van der Waals surface area contributed by atoms with Crippen molar-refractivity contribution in [3.8, 4) is 11.1 Å². The van der Waals surface area contributed by atoms with Gasteiger partial charge in [-0.25, -0.2) is 4.98 Å². The van der Waals surface area contributed by atoms with Gasteiger partial charge in [0.2, 0.25) is 5.91 Å². The molecule has 6 nitrogen and oxygen atoms in total. The van der Waals surface area contributed by atoms with Gasteiger partial charge in [-0.1, -0.05) is 11.2 Å². The SMILES string of the molecule is Cc1noc(C)c1-c1ccc2c(c1)nc(C1CCCC(=O)N1C1CC1)n2C(C)C. The topological polar surface area (TPSA) is 64.2 Å². The third-order valence-electron chi connectivity index (χ3n) is 6.29. The van der Waals surface area contributed by atoms with Crippen molar-refractivity contribution < 1.29 is 9.32 Å². The molecular weight excluding hydrogens is 364 g/mol. The van der Waals surface area contributed by atoms with Gasteiger partial charge in [0, 0.05) is 24.1 Å². The number of benzene rings is 1. The third-order valence-corrected chi connectivity index (χ3v) is 6.29. The molecule has 2 fully saturated rings. The molecule has 1 atom stereocenters. The normalized spacial score (nSPS) is 20.2. The standard InChI is InChI=1S/C23H28N4O2/c1-13(2)26-19-11-8-16(22-14(3)25-29-15(22)4)12-18(19)24-23(26)20-6-5-7-21(28)27(20)17-9-10-17/h8,11-13,17,20H,5-7,9-10H2,1-4H3. The summed E-state index contributed by atoms with van der Waals surface area (Å²) >= 11 is 0. The summed E-state index contributed by atoms with van der Waals surface area (Å²) < 4.78 is 7.69. The van der Waals surface area contributed by atoms with E-state index in [0.29, 0.717) is 18.4 Å². The van der Waals surface area contributed by atoms with Crippen LogP contribution in [0.2, 0.25) is 0 Å². The number of aryl methyl sites for hydroxylation is 2. The smallest absolute Gasteiger partial charge is 0.223 e. The molecule has 1 aliphatic heterocycles. The van der Waals surface area contributed by atoms with E-state index in [1.54, 1.807) is 0 Å². The lowest BCUT2D eigenvalue weighted by Crippen LogP contribution is -2.41. The first-order valence-electron chi connectivity index (χ1n) is 10.7. The largest absolute Gasteiger partial charge is 0.361 e. The Morgan fingerprint density at radius 3 is 2.62 bits per heavy atom. The molecule has 152 valence electrons. The molecule has 1 saturated heterocycles. The summed E-state index contributed by atoms with van der Waals surface area (Å²) in [5.41, 5.74) is 5.11. The zero-order valence-electron chi connectivity index (χ0n) is 17.6. The van der Waals surface area contributed by atoms with Crippen molar-refractivity contribution in [1.29, 1.82) is 0 Å². The molecular formula is C23H28N4O2. The van der Waals surface area contributed by atoms with E-state index in [1.807, 2.05) is 13.8 Å². The minimum Gasteiger partial charge on any atom is -0.361 e. The number of hydrogen-bond donors (Lipinski definition) is 0. The highest BCUT2D eigenvalue weighted by atomic mass is 16.5. The maximum atomic E-state index is 12.7. The molecule has 0 N–H and O–H groups in total. The predicted molar refractivity (Wildman–Crippen MR) is 112 cm³/mol.